The second-order valence-electron chi connectivity index (χ2n) is 6.82. The molecule has 0 fully saturated rings. The van der Waals surface area contributed by atoms with Crippen molar-refractivity contribution in [2.45, 2.75) is 9.79 Å². The van der Waals surface area contributed by atoms with E-state index in [4.69, 9.17) is 14.2 Å². The van der Waals surface area contributed by atoms with Crippen molar-refractivity contribution in [3.05, 3.63) is 76.3 Å². The summed E-state index contributed by atoms with van der Waals surface area (Å²) >= 11 is 1.54. The number of methoxy groups -OCH3 is 2. The van der Waals surface area contributed by atoms with Gasteiger partial charge in [-0.3, -0.25) is 19.8 Å². The zero-order chi connectivity index (χ0) is 23.5. The first kappa shape index (κ1) is 22.2. The first-order valence-electron chi connectivity index (χ1n) is 9.71. The number of nitrogens with zero attached hydrogens (tertiary/aromatic N) is 2. The van der Waals surface area contributed by atoms with E-state index in [1.54, 1.807) is 12.1 Å². The van der Waals surface area contributed by atoms with E-state index in [9.17, 15) is 19.7 Å². The molecule has 1 heterocycles. The average Bonchev–Trinajstić information content (AvgIpc) is 2.84. The SMILES string of the molecule is COc1cc(C(=O)OCC(=O)N2c3ccccc3Sc3ccccc32)c([N+](=O)[O-])cc1OC. The first-order valence-corrected chi connectivity index (χ1v) is 10.5. The van der Waals surface area contributed by atoms with Crippen molar-refractivity contribution < 1.29 is 28.7 Å². The van der Waals surface area contributed by atoms with Crippen LogP contribution in [0.2, 0.25) is 0 Å². The molecule has 33 heavy (non-hydrogen) atoms. The zero-order valence-corrected chi connectivity index (χ0v) is 18.5. The van der Waals surface area contributed by atoms with Crippen LogP contribution in [0, 0.1) is 10.1 Å². The Morgan fingerprint density at radius 3 is 2.03 bits per heavy atom. The Hall–Kier alpha value is -4.05. The molecule has 0 spiro atoms. The van der Waals surface area contributed by atoms with Gasteiger partial charge in [0.2, 0.25) is 0 Å². The highest BCUT2D eigenvalue weighted by Crippen LogP contribution is 2.47. The molecule has 10 heteroatoms. The molecule has 0 saturated carbocycles. The van der Waals surface area contributed by atoms with Crippen molar-refractivity contribution in [2.75, 3.05) is 25.7 Å². The number of hydrogen-bond acceptors (Lipinski definition) is 8. The largest absolute Gasteiger partial charge is 0.493 e. The van der Waals surface area contributed by atoms with Gasteiger partial charge in [-0.1, -0.05) is 36.0 Å². The molecule has 0 aliphatic carbocycles. The van der Waals surface area contributed by atoms with Gasteiger partial charge in [-0.2, -0.15) is 0 Å². The third kappa shape index (κ3) is 4.20. The summed E-state index contributed by atoms with van der Waals surface area (Å²) in [6.07, 6.45) is 0. The Morgan fingerprint density at radius 1 is 0.939 bits per heavy atom. The summed E-state index contributed by atoms with van der Waals surface area (Å²) < 4.78 is 15.4. The van der Waals surface area contributed by atoms with Crippen LogP contribution in [-0.2, 0) is 9.53 Å². The Labute approximate surface area is 193 Å². The topological polar surface area (TPSA) is 108 Å². The van der Waals surface area contributed by atoms with Gasteiger partial charge in [-0.15, -0.1) is 0 Å². The number of amides is 1. The van der Waals surface area contributed by atoms with Crippen LogP contribution in [0.5, 0.6) is 11.5 Å². The smallest absolute Gasteiger partial charge is 0.345 e. The second-order valence-corrected chi connectivity index (χ2v) is 7.91. The van der Waals surface area contributed by atoms with Gasteiger partial charge in [0.25, 0.3) is 11.6 Å². The lowest BCUT2D eigenvalue weighted by Gasteiger charge is -2.30. The summed E-state index contributed by atoms with van der Waals surface area (Å²) in [5, 5.41) is 11.5. The van der Waals surface area contributed by atoms with Gasteiger partial charge in [-0.25, -0.2) is 4.79 Å². The fourth-order valence-corrected chi connectivity index (χ4v) is 4.48. The summed E-state index contributed by atoms with van der Waals surface area (Å²) in [6.45, 7) is -0.613. The molecule has 4 rings (SSSR count). The van der Waals surface area contributed by atoms with Gasteiger partial charge in [0, 0.05) is 15.9 Å². The Kier molecular flexibility index (Phi) is 6.18. The molecule has 0 radical (unpaired) electrons. The Balaban J connectivity index is 1.61. The molecule has 0 unspecified atom stereocenters. The summed E-state index contributed by atoms with van der Waals surface area (Å²) in [6, 6.07) is 17.0. The van der Waals surface area contributed by atoms with Crippen LogP contribution in [0.1, 0.15) is 10.4 Å². The minimum Gasteiger partial charge on any atom is -0.493 e. The van der Waals surface area contributed by atoms with E-state index in [1.165, 1.54) is 30.9 Å². The van der Waals surface area contributed by atoms with Crippen LogP contribution < -0.4 is 14.4 Å². The predicted octanol–water partition coefficient (Wildman–Crippen LogP) is 4.60. The maximum atomic E-state index is 13.2. The molecule has 0 atom stereocenters. The third-order valence-corrected chi connectivity index (χ3v) is 6.06. The molecular formula is C23H18N2O7S. The summed E-state index contributed by atoms with van der Waals surface area (Å²) in [4.78, 5) is 39.9. The Morgan fingerprint density at radius 2 is 1.48 bits per heavy atom. The van der Waals surface area contributed by atoms with Crippen LogP contribution in [-0.4, -0.2) is 37.6 Å². The number of benzene rings is 3. The molecule has 0 N–H and O–H groups in total. The van der Waals surface area contributed by atoms with E-state index in [-0.39, 0.29) is 17.1 Å². The lowest BCUT2D eigenvalue weighted by atomic mass is 10.1. The highest BCUT2D eigenvalue weighted by molar-refractivity contribution is 7.99. The molecule has 0 bridgehead atoms. The number of anilines is 2. The van der Waals surface area contributed by atoms with Crippen LogP contribution in [0.4, 0.5) is 17.1 Å². The van der Waals surface area contributed by atoms with Crippen molar-refractivity contribution >= 4 is 40.7 Å². The Bertz CT molecular complexity index is 1220. The van der Waals surface area contributed by atoms with Gasteiger partial charge in [0.05, 0.1) is 36.6 Å². The van der Waals surface area contributed by atoms with Crippen LogP contribution in [0.3, 0.4) is 0 Å². The highest BCUT2D eigenvalue weighted by atomic mass is 32.2. The molecule has 168 valence electrons. The highest BCUT2D eigenvalue weighted by Gasteiger charge is 2.30. The molecule has 0 aromatic heterocycles. The predicted molar refractivity (Wildman–Crippen MR) is 121 cm³/mol. The van der Waals surface area contributed by atoms with E-state index in [2.05, 4.69) is 0 Å². The molecule has 3 aromatic rings. The number of hydrogen-bond donors (Lipinski definition) is 0. The summed E-state index contributed by atoms with van der Waals surface area (Å²) in [5.74, 6) is -1.30. The summed E-state index contributed by atoms with van der Waals surface area (Å²) in [5.41, 5.74) is 0.467. The molecule has 3 aromatic carbocycles. The van der Waals surface area contributed by atoms with E-state index < -0.39 is 29.1 Å². The standard InChI is InChI=1S/C23H18N2O7S/c1-30-18-11-14(17(25(28)29)12-19(18)31-2)23(27)32-13-22(26)24-15-7-3-5-9-20(15)33-21-10-6-4-8-16(21)24/h3-12H,13H2,1-2H3. The first-order chi connectivity index (χ1) is 15.9. The lowest BCUT2D eigenvalue weighted by Crippen LogP contribution is -2.32. The van der Waals surface area contributed by atoms with Gasteiger partial charge >= 0.3 is 5.97 Å². The van der Waals surface area contributed by atoms with E-state index >= 15 is 0 Å². The maximum absolute atomic E-state index is 13.2. The van der Waals surface area contributed by atoms with Crippen LogP contribution in [0.15, 0.2) is 70.5 Å². The van der Waals surface area contributed by atoms with Crippen molar-refractivity contribution in [3.8, 4) is 11.5 Å². The van der Waals surface area contributed by atoms with E-state index in [0.29, 0.717) is 11.4 Å². The monoisotopic (exact) mass is 466 g/mol. The average molecular weight is 466 g/mol. The van der Waals surface area contributed by atoms with E-state index in [1.807, 2.05) is 36.4 Å². The second kappa shape index (κ2) is 9.21. The third-order valence-electron chi connectivity index (χ3n) is 4.93. The summed E-state index contributed by atoms with van der Waals surface area (Å²) in [7, 11) is 2.66. The van der Waals surface area contributed by atoms with Crippen molar-refractivity contribution in [1.82, 2.24) is 0 Å². The number of esters is 1. The molecule has 1 aliphatic rings. The normalized spacial score (nSPS) is 11.8. The van der Waals surface area contributed by atoms with Gasteiger partial charge in [-0.05, 0) is 24.3 Å². The minimum atomic E-state index is -1.02. The number of nitro groups is 1. The molecule has 1 amide bonds. The van der Waals surface area contributed by atoms with Crippen molar-refractivity contribution in [1.29, 1.82) is 0 Å². The molecular weight excluding hydrogens is 448 g/mol. The van der Waals surface area contributed by atoms with Crippen molar-refractivity contribution in [3.63, 3.8) is 0 Å². The number of carbonyl (C=O) groups is 2. The van der Waals surface area contributed by atoms with Gasteiger partial charge in [0.1, 0.15) is 5.56 Å². The fraction of sp³-hybridized carbons (Fsp3) is 0.130. The molecule has 1 aliphatic heterocycles. The zero-order valence-electron chi connectivity index (χ0n) is 17.6. The maximum Gasteiger partial charge on any atom is 0.345 e. The van der Waals surface area contributed by atoms with Gasteiger partial charge in [0.15, 0.2) is 18.1 Å². The molecule has 9 nitrogen and oxygen atoms in total. The van der Waals surface area contributed by atoms with Crippen LogP contribution in [0.25, 0.3) is 0 Å². The van der Waals surface area contributed by atoms with Crippen molar-refractivity contribution in [2.24, 2.45) is 0 Å². The quantitative estimate of drug-likeness (QED) is 0.295. The number of para-hydroxylation sites is 2. The van der Waals surface area contributed by atoms with Crippen LogP contribution >= 0.6 is 11.8 Å². The number of carbonyl (C=O) groups excluding carboxylic acids is 2. The number of ether oxygens (including phenoxy) is 3. The van der Waals surface area contributed by atoms with E-state index in [0.717, 1.165) is 21.9 Å². The van der Waals surface area contributed by atoms with Gasteiger partial charge < -0.3 is 14.2 Å². The lowest BCUT2D eigenvalue weighted by molar-refractivity contribution is -0.385. The fourth-order valence-electron chi connectivity index (χ4n) is 3.43. The minimum absolute atomic E-state index is 0.0934. The number of nitro benzene ring substituents is 1. The number of fused-ring (bicyclic) bond motifs is 2. The molecule has 0 saturated heterocycles. The number of rotatable bonds is 6.